The lowest BCUT2D eigenvalue weighted by Gasteiger charge is -2.17. The van der Waals surface area contributed by atoms with Crippen LogP contribution < -0.4 is 0 Å². The van der Waals surface area contributed by atoms with Crippen LogP contribution in [0.2, 0.25) is 0 Å². The third-order valence-electron chi connectivity index (χ3n) is 1.89. The second-order valence-corrected chi connectivity index (χ2v) is 4.00. The van der Waals surface area contributed by atoms with Crippen LogP contribution in [-0.4, -0.2) is 23.3 Å². The minimum absolute atomic E-state index is 0.410. The average molecular weight is 165 g/mol. The molecule has 2 unspecified atom stereocenters. The number of allylic oxidation sites excluding steroid dienone is 2. The Kier molecular flexibility index (Phi) is 2.13. The highest BCUT2D eigenvalue weighted by atomic mass is 32.2. The molecule has 0 aromatic rings. The van der Waals surface area contributed by atoms with Gasteiger partial charge in [-0.15, -0.1) is 0 Å². The number of thioether (sulfide) groups is 1. The third kappa shape index (κ3) is 1.56. The van der Waals surface area contributed by atoms with E-state index in [4.69, 9.17) is 0 Å². The summed E-state index contributed by atoms with van der Waals surface area (Å²) in [6, 6.07) is 0.410. The summed E-state index contributed by atoms with van der Waals surface area (Å²) in [6.45, 7) is 0. The second-order valence-electron chi connectivity index (χ2n) is 2.72. The SMILES string of the molecule is C1=CC2N=CCCSC2C=C1. The van der Waals surface area contributed by atoms with Gasteiger partial charge in [0.2, 0.25) is 0 Å². The summed E-state index contributed by atoms with van der Waals surface area (Å²) in [6.07, 6.45) is 11.8. The molecular formula is C9H11NS. The van der Waals surface area contributed by atoms with Crippen molar-refractivity contribution in [1.82, 2.24) is 0 Å². The standard InChI is InChI=1S/C9H11NS/c1-2-5-9-8(4-1)10-6-3-7-11-9/h1-2,4-6,8-9H,3,7H2. The Labute approximate surface area is 71.3 Å². The van der Waals surface area contributed by atoms with Crippen molar-refractivity contribution in [1.29, 1.82) is 0 Å². The van der Waals surface area contributed by atoms with Gasteiger partial charge in [-0.2, -0.15) is 11.8 Å². The van der Waals surface area contributed by atoms with Crippen LogP contribution in [0.4, 0.5) is 0 Å². The van der Waals surface area contributed by atoms with Crippen LogP contribution >= 0.6 is 11.8 Å². The monoisotopic (exact) mass is 165 g/mol. The molecule has 0 saturated heterocycles. The molecule has 1 nitrogen and oxygen atoms in total. The Hall–Kier alpha value is -0.500. The molecule has 0 aromatic carbocycles. The first-order chi connectivity index (χ1) is 5.47. The van der Waals surface area contributed by atoms with Crippen molar-refractivity contribution >= 4 is 18.0 Å². The predicted molar refractivity (Wildman–Crippen MR) is 51.4 cm³/mol. The van der Waals surface area contributed by atoms with Gasteiger partial charge in [-0.3, -0.25) is 4.99 Å². The van der Waals surface area contributed by atoms with Crippen LogP contribution in [-0.2, 0) is 0 Å². The lowest BCUT2D eigenvalue weighted by molar-refractivity contribution is 0.850. The number of rotatable bonds is 0. The predicted octanol–water partition coefficient (Wildman–Crippen LogP) is 2.06. The molecule has 1 heterocycles. The van der Waals surface area contributed by atoms with Crippen molar-refractivity contribution in [2.24, 2.45) is 4.99 Å². The minimum atomic E-state index is 0.410. The number of fused-ring (bicyclic) bond motifs is 1. The molecule has 1 aliphatic carbocycles. The topological polar surface area (TPSA) is 12.4 Å². The van der Waals surface area contributed by atoms with Gasteiger partial charge < -0.3 is 0 Å². The Bertz CT molecular complexity index is 218. The molecule has 0 fully saturated rings. The van der Waals surface area contributed by atoms with E-state index in [-0.39, 0.29) is 0 Å². The summed E-state index contributed by atoms with van der Waals surface area (Å²) in [5.74, 6) is 1.21. The molecule has 2 aliphatic rings. The van der Waals surface area contributed by atoms with Crippen LogP contribution in [0.15, 0.2) is 29.3 Å². The zero-order chi connectivity index (χ0) is 7.52. The normalized spacial score (nSPS) is 34.9. The van der Waals surface area contributed by atoms with Crippen LogP contribution in [0.1, 0.15) is 6.42 Å². The van der Waals surface area contributed by atoms with Crippen LogP contribution in [0, 0.1) is 0 Å². The van der Waals surface area contributed by atoms with Gasteiger partial charge in [0, 0.05) is 11.5 Å². The maximum Gasteiger partial charge on any atom is 0.0832 e. The maximum absolute atomic E-state index is 4.46. The van der Waals surface area contributed by atoms with Gasteiger partial charge in [-0.05, 0) is 12.2 Å². The Balaban J connectivity index is 2.16. The van der Waals surface area contributed by atoms with Crippen molar-refractivity contribution in [3.8, 4) is 0 Å². The molecule has 2 atom stereocenters. The summed E-state index contributed by atoms with van der Waals surface area (Å²) in [5.41, 5.74) is 0. The van der Waals surface area contributed by atoms with Crippen molar-refractivity contribution in [2.45, 2.75) is 17.7 Å². The van der Waals surface area contributed by atoms with Crippen molar-refractivity contribution < 1.29 is 0 Å². The number of nitrogens with zero attached hydrogens (tertiary/aromatic N) is 1. The highest BCUT2D eigenvalue weighted by Crippen LogP contribution is 2.24. The first-order valence-electron chi connectivity index (χ1n) is 3.95. The maximum atomic E-state index is 4.46. The average Bonchev–Trinajstić information content (AvgIpc) is 2.28. The first kappa shape index (κ1) is 7.17. The molecule has 0 saturated carbocycles. The van der Waals surface area contributed by atoms with E-state index >= 15 is 0 Å². The molecule has 0 spiro atoms. The van der Waals surface area contributed by atoms with Crippen LogP contribution in [0.5, 0.6) is 0 Å². The fourth-order valence-corrected chi connectivity index (χ4v) is 2.39. The molecule has 0 radical (unpaired) electrons. The lowest BCUT2D eigenvalue weighted by Crippen LogP contribution is -2.17. The molecule has 58 valence electrons. The Morgan fingerprint density at radius 2 is 2.18 bits per heavy atom. The Morgan fingerprint density at radius 3 is 3.18 bits per heavy atom. The van der Waals surface area contributed by atoms with Gasteiger partial charge in [-0.25, -0.2) is 0 Å². The van der Waals surface area contributed by atoms with E-state index in [0.717, 1.165) is 6.42 Å². The summed E-state index contributed by atoms with van der Waals surface area (Å²) < 4.78 is 0. The van der Waals surface area contributed by atoms with Crippen molar-refractivity contribution in [3.05, 3.63) is 24.3 Å². The molecule has 11 heavy (non-hydrogen) atoms. The highest BCUT2D eigenvalue weighted by molar-refractivity contribution is 8.00. The number of aliphatic imine (C=N–C) groups is 1. The fraction of sp³-hybridized carbons (Fsp3) is 0.444. The highest BCUT2D eigenvalue weighted by Gasteiger charge is 2.18. The molecular weight excluding hydrogens is 154 g/mol. The van der Waals surface area contributed by atoms with E-state index in [1.165, 1.54) is 5.75 Å². The minimum Gasteiger partial charge on any atom is -0.289 e. The third-order valence-corrected chi connectivity index (χ3v) is 3.18. The van der Waals surface area contributed by atoms with Gasteiger partial charge in [0.1, 0.15) is 0 Å². The van der Waals surface area contributed by atoms with E-state index in [1.807, 2.05) is 11.8 Å². The summed E-state index contributed by atoms with van der Waals surface area (Å²) >= 11 is 2.00. The molecule has 1 aliphatic heterocycles. The first-order valence-corrected chi connectivity index (χ1v) is 5.00. The van der Waals surface area contributed by atoms with Gasteiger partial charge in [0.15, 0.2) is 0 Å². The van der Waals surface area contributed by atoms with E-state index < -0.39 is 0 Å². The van der Waals surface area contributed by atoms with Crippen molar-refractivity contribution in [3.63, 3.8) is 0 Å². The zero-order valence-corrected chi connectivity index (χ0v) is 7.13. The molecule has 0 amide bonds. The van der Waals surface area contributed by atoms with Crippen LogP contribution in [0.3, 0.4) is 0 Å². The molecule has 2 heteroatoms. The molecule has 0 N–H and O–H groups in total. The summed E-state index contributed by atoms with van der Waals surface area (Å²) in [4.78, 5) is 4.46. The summed E-state index contributed by atoms with van der Waals surface area (Å²) in [5, 5.41) is 0.596. The zero-order valence-electron chi connectivity index (χ0n) is 6.31. The lowest BCUT2D eigenvalue weighted by atomic mass is 10.1. The van der Waals surface area contributed by atoms with E-state index in [1.54, 1.807) is 0 Å². The fourth-order valence-electron chi connectivity index (χ4n) is 1.32. The van der Waals surface area contributed by atoms with Gasteiger partial charge in [0.05, 0.1) is 6.04 Å². The number of hydrogen-bond acceptors (Lipinski definition) is 2. The van der Waals surface area contributed by atoms with E-state index in [9.17, 15) is 0 Å². The smallest absolute Gasteiger partial charge is 0.0832 e. The molecule has 0 aromatic heterocycles. The van der Waals surface area contributed by atoms with Gasteiger partial charge in [-0.1, -0.05) is 24.3 Å². The second kappa shape index (κ2) is 3.26. The number of hydrogen-bond donors (Lipinski definition) is 0. The van der Waals surface area contributed by atoms with Gasteiger partial charge >= 0.3 is 0 Å². The van der Waals surface area contributed by atoms with E-state index in [0.29, 0.717) is 11.3 Å². The van der Waals surface area contributed by atoms with Crippen molar-refractivity contribution in [2.75, 3.05) is 5.75 Å². The molecule has 2 rings (SSSR count). The largest absolute Gasteiger partial charge is 0.289 e. The quantitative estimate of drug-likeness (QED) is 0.535. The summed E-state index contributed by atoms with van der Waals surface area (Å²) in [7, 11) is 0. The van der Waals surface area contributed by atoms with E-state index in [2.05, 4.69) is 35.5 Å². The Morgan fingerprint density at radius 1 is 1.27 bits per heavy atom. The van der Waals surface area contributed by atoms with Crippen LogP contribution in [0.25, 0.3) is 0 Å². The van der Waals surface area contributed by atoms with Gasteiger partial charge in [0.25, 0.3) is 0 Å². The molecule has 0 bridgehead atoms.